The van der Waals surface area contributed by atoms with Gasteiger partial charge in [0.25, 0.3) is 0 Å². The van der Waals surface area contributed by atoms with Crippen LogP contribution in [0.25, 0.3) is 0 Å². The van der Waals surface area contributed by atoms with Gasteiger partial charge in [-0.15, -0.1) is 0 Å². The molecule has 0 bridgehead atoms. The van der Waals surface area contributed by atoms with Crippen molar-refractivity contribution in [2.75, 3.05) is 27.4 Å². The number of aliphatic imine (C=N–C) groups is 1. The second-order valence-electron chi connectivity index (χ2n) is 23.9. The number of ether oxygens (including phenoxy) is 8. The Balaban J connectivity index is 1.06. The SMILES string of the molecule is C=N[C@@]12C[C@@H](CC[C@H]3CC(=C)C(CC[C@H]4C[C@@H](C)C(=C)C(C[C@@H]5OC(C[C@@H](CO[Si](CC)(CC)CC)O[Si](CC)(CC)CC)[C@H](OC)C5CC(O)C/C=C/C)O4)O3)O[C@@H]1C1OCC(O[Si](CC)(CC)CC)[C@H](OC)[C@@H]1O2. The molecule has 6 fully saturated rings. The van der Waals surface area contributed by atoms with Crippen molar-refractivity contribution in [3.8, 4) is 0 Å². The van der Waals surface area contributed by atoms with Gasteiger partial charge in [0, 0.05) is 39.4 Å². The van der Waals surface area contributed by atoms with Gasteiger partial charge in [-0.2, -0.15) is 0 Å². The molecule has 1 N–H and O–H groups in total. The Labute approximate surface area is 465 Å². The third-order valence-electron chi connectivity index (χ3n) is 20.0. The van der Waals surface area contributed by atoms with E-state index >= 15 is 0 Å². The van der Waals surface area contributed by atoms with Gasteiger partial charge in [-0.3, -0.25) is 4.99 Å². The Morgan fingerprint density at radius 1 is 0.737 bits per heavy atom. The van der Waals surface area contributed by atoms with Crippen LogP contribution in [0, 0.1) is 11.8 Å². The lowest BCUT2D eigenvalue weighted by molar-refractivity contribution is -0.200. The number of aliphatic hydroxyl groups is 1. The van der Waals surface area contributed by atoms with Crippen molar-refractivity contribution in [2.45, 2.75) is 298 Å². The summed E-state index contributed by atoms with van der Waals surface area (Å²) >= 11 is 0. The summed E-state index contributed by atoms with van der Waals surface area (Å²) in [5.74, 6) is 0.264. The summed E-state index contributed by atoms with van der Waals surface area (Å²) < 4.78 is 75.0. The molecule has 0 radical (unpaired) electrons. The molecule has 438 valence electrons. The number of fused-ring (bicyclic) bond motifs is 3. The highest BCUT2D eigenvalue weighted by molar-refractivity contribution is 6.74. The lowest BCUT2D eigenvalue weighted by Crippen LogP contribution is -2.58. The first kappa shape index (κ1) is 64.2. The van der Waals surface area contributed by atoms with Crippen LogP contribution >= 0.6 is 0 Å². The molecule has 6 heterocycles. The molecule has 7 unspecified atom stereocenters. The molecule has 0 aromatic heterocycles. The molecule has 0 spiro atoms. The second kappa shape index (κ2) is 29.3. The molecule has 0 amide bonds. The standard InChI is InChI=1S/C60H109NO12Si3/c1-17-27-28-44(62)35-49-52(70-53(55(49)63-15)36-48(72-75(21-5,22-6)23-7)39-66-74(18-2,19-3)20-4)37-51-43(13)41(11)33-46(68-51)31-32-50-42(12)34-45(67-50)29-30-47-38-60(61-14)59(69-47)58-57(71-60)56(64-16)54(40-65-58)73-76(24-8,25-9)26-10/h17,27,41,44-59,62H,12-14,18-26,28-40H2,1-11,15-16H3/b27-17+/t41-,44?,45+,46+,47-,48+,49?,50?,51?,52+,53?,54?,55-,56+,57+,58?,59-,60-/m1/s1. The monoisotopic (exact) mass is 1120 g/mol. The van der Waals surface area contributed by atoms with E-state index in [1.165, 1.54) is 0 Å². The van der Waals surface area contributed by atoms with Crippen LogP contribution in [0.4, 0.5) is 0 Å². The molecular weight excluding hydrogens is 1010 g/mol. The van der Waals surface area contributed by atoms with Gasteiger partial charge in [-0.05, 0) is 136 Å². The molecule has 16 heteroatoms. The third-order valence-corrected chi connectivity index (χ3v) is 34.1. The molecule has 76 heavy (non-hydrogen) atoms. The van der Waals surface area contributed by atoms with Crippen LogP contribution in [0.1, 0.15) is 147 Å². The highest BCUT2D eigenvalue weighted by atomic mass is 28.4. The van der Waals surface area contributed by atoms with E-state index in [1.807, 2.05) is 20.1 Å². The molecule has 6 rings (SSSR count). The van der Waals surface area contributed by atoms with E-state index < -0.39 is 36.8 Å². The van der Waals surface area contributed by atoms with Crippen LogP contribution in [0.5, 0.6) is 0 Å². The number of rotatable bonds is 33. The van der Waals surface area contributed by atoms with Crippen LogP contribution in [-0.2, 0) is 51.2 Å². The first-order valence-electron chi connectivity index (χ1n) is 30.6. The van der Waals surface area contributed by atoms with E-state index in [9.17, 15) is 5.11 Å². The fraction of sp³-hybridized carbons (Fsp3) is 0.883. The molecule has 0 saturated carbocycles. The van der Waals surface area contributed by atoms with Crippen LogP contribution in [0.3, 0.4) is 0 Å². The van der Waals surface area contributed by atoms with E-state index in [4.69, 9.17) is 51.2 Å². The Morgan fingerprint density at radius 3 is 1.96 bits per heavy atom. The zero-order valence-corrected chi connectivity index (χ0v) is 53.0. The van der Waals surface area contributed by atoms with Gasteiger partial charge in [0.1, 0.15) is 24.4 Å². The average Bonchev–Trinajstić information content (AvgIpc) is 4.18. The van der Waals surface area contributed by atoms with Crippen molar-refractivity contribution < 1.29 is 56.3 Å². The van der Waals surface area contributed by atoms with Gasteiger partial charge in [-0.1, -0.05) is 94.5 Å². The van der Waals surface area contributed by atoms with Crippen molar-refractivity contribution in [1.82, 2.24) is 0 Å². The first-order chi connectivity index (χ1) is 36.5. The van der Waals surface area contributed by atoms with Crippen molar-refractivity contribution in [3.05, 3.63) is 36.5 Å². The Kier molecular flexibility index (Phi) is 24.8. The number of methoxy groups -OCH3 is 2. The summed E-state index contributed by atoms with van der Waals surface area (Å²) in [6, 6.07) is 9.69. The quantitative estimate of drug-likeness (QED) is 0.0381. The number of allylic oxidation sites excluding steroid dienone is 1. The van der Waals surface area contributed by atoms with E-state index in [0.29, 0.717) is 51.2 Å². The summed E-state index contributed by atoms with van der Waals surface area (Å²) in [4.78, 5) is 4.61. The highest BCUT2D eigenvalue weighted by Crippen LogP contribution is 2.50. The maximum atomic E-state index is 11.5. The predicted octanol–water partition coefficient (Wildman–Crippen LogP) is 12.7. The summed E-state index contributed by atoms with van der Waals surface area (Å²) in [5, 5.41) is 11.5. The summed E-state index contributed by atoms with van der Waals surface area (Å²) in [6.07, 6.45) is 9.61. The van der Waals surface area contributed by atoms with Crippen molar-refractivity contribution in [3.63, 3.8) is 0 Å². The third kappa shape index (κ3) is 14.8. The number of hydrogen-bond acceptors (Lipinski definition) is 13. The number of aliphatic hydroxyl groups excluding tert-OH is 1. The topological polar surface area (TPSA) is 134 Å². The van der Waals surface area contributed by atoms with E-state index in [-0.39, 0.29) is 91.4 Å². The fourth-order valence-corrected chi connectivity index (χ4v) is 22.6. The summed E-state index contributed by atoms with van der Waals surface area (Å²) in [7, 11) is -2.20. The Hall–Kier alpha value is -0.939. The van der Waals surface area contributed by atoms with Gasteiger partial charge < -0.3 is 56.3 Å². The summed E-state index contributed by atoms with van der Waals surface area (Å²) in [5.41, 5.74) is 1.40. The van der Waals surface area contributed by atoms with Crippen LogP contribution < -0.4 is 0 Å². The molecule has 6 aliphatic rings. The molecule has 0 aliphatic carbocycles. The molecule has 6 aliphatic heterocycles. The minimum absolute atomic E-state index is 0.0216. The molecule has 13 nitrogen and oxygen atoms in total. The molecule has 0 aromatic carbocycles. The normalized spacial score (nSPS) is 36.1. The van der Waals surface area contributed by atoms with Crippen LogP contribution in [0.15, 0.2) is 41.4 Å². The molecular formula is C60H109NO12Si3. The highest BCUT2D eigenvalue weighted by Gasteiger charge is 2.66. The van der Waals surface area contributed by atoms with E-state index in [0.717, 1.165) is 104 Å². The van der Waals surface area contributed by atoms with Gasteiger partial charge in [0.05, 0.1) is 80.4 Å². The van der Waals surface area contributed by atoms with Gasteiger partial charge in [0.15, 0.2) is 30.7 Å². The largest absolute Gasteiger partial charge is 0.414 e. The maximum Gasteiger partial charge on any atom is 0.192 e. The van der Waals surface area contributed by atoms with Gasteiger partial charge in [-0.25, -0.2) is 0 Å². The smallest absolute Gasteiger partial charge is 0.192 e. The van der Waals surface area contributed by atoms with Crippen molar-refractivity contribution in [2.24, 2.45) is 16.8 Å². The van der Waals surface area contributed by atoms with Gasteiger partial charge in [0.2, 0.25) is 0 Å². The molecule has 0 aromatic rings. The number of nitrogens with zero attached hydrogens (tertiary/aromatic N) is 1. The molecule has 6 saturated heterocycles. The molecule has 18 atom stereocenters. The number of hydrogen-bond donors (Lipinski definition) is 1. The zero-order chi connectivity index (χ0) is 55.4. The Morgan fingerprint density at radius 2 is 1.36 bits per heavy atom. The van der Waals surface area contributed by atoms with E-state index in [1.54, 1.807) is 7.11 Å². The Bertz CT molecular complexity index is 1810. The summed E-state index contributed by atoms with van der Waals surface area (Å²) in [6.45, 7) is 39.0. The van der Waals surface area contributed by atoms with Crippen LogP contribution in [-0.4, -0.2) is 161 Å². The maximum absolute atomic E-state index is 11.5. The van der Waals surface area contributed by atoms with Gasteiger partial charge >= 0.3 is 0 Å². The average molecular weight is 1120 g/mol. The second-order valence-corrected chi connectivity index (χ2v) is 38.1. The van der Waals surface area contributed by atoms with Crippen molar-refractivity contribution >= 4 is 31.7 Å². The fourth-order valence-electron chi connectivity index (χ4n) is 14.3. The zero-order valence-electron chi connectivity index (χ0n) is 50.0. The predicted molar refractivity (Wildman–Crippen MR) is 313 cm³/mol. The minimum atomic E-state index is -1.99. The first-order valence-corrected chi connectivity index (χ1v) is 38.2. The van der Waals surface area contributed by atoms with Crippen molar-refractivity contribution in [1.29, 1.82) is 0 Å². The minimum Gasteiger partial charge on any atom is -0.414 e. The van der Waals surface area contributed by atoms with E-state index in [2.05, 4.69) is 100 Å². The lowest BCUT2D eigenvalue weighted by atomic mass is 9.81. The lowest BCUT2D eigenvalue weighted by Gasteiger charge is -2.43. The van der Waals surface area contributed by atoms with Crippen LogP contribution in [0.2, 0.25) is 54.4 Å².